The number of carbonyl (C=O) groups excluding carboxylic acids is 1. The van der Waals surface area contributed by atoms with Crippen LogP contribution < -0.4 is 5.73 Å². The van der Waals surface area contributed by atoms with Crippen LogP contribution in [0.1, 0.15) is 25.0 Å². The van der Waals surface area contributed by atoms with E-state index in [-0.39, 0.29) is 5.12 Å². The fraction of sp³-hybridized carbons (Fsp3) is 0.312. The highest BCUT2D eigenvalue weighted by molar-refractivity contribution is 8.13. The van der Waals surface area contributed by atoms with E-state index in [2.05, 4.69) is 0 Å². The topological polar surface area (TPSA) is 83.5 Å². The Labute approximate surface area is 128 Å². The zero-order valence-electron chi connectivity index (χ0n) is 11.8. The number of rotatable bonds is 5. The number of aliphatic hydroxyl groups excluding tert-OH is 2. The summed E-state index contributed by atoms with van der Waals surface area (Å²) in [5.41, 5.74) is 7.22. The highest BCUT2D eigenvalue weighted by Gasteiger charge is 2.20. The molecule has 2 unspecified atom stereocenters. The standard InChI is InChI=1S/C16H19NO3S/c1-10(18)21-9-8-15(19)16(20)13-6-7-14(17)12-5-3-2-4-11(12)13/h2-7,15-16,19-20H,8-9,17H2,1H3. The molecule has 2 rings (SSSR count). The van der Waals surface area contributed by atoms with Gasteiger partial charge in [0, 0.05) is 23.8 Å². The van der Waals surface area contributed by atoms with E-state index in [9.17, 15) is 15.0 Å². The van der Waals surface area contributed by atoms with Gasteiger partial charge in [-0.2, -0.15) is 0 Å². The highest BCUT2D eigenvalue weighted by Crippen LogP contribution is 2.31. The maximum Gasteiger partial charge on any atom is 0.185 e. The molecule has 0 aliphatic carbocycles. The molecular weight excluding hydrogens is 286 g/mol. The zero-order chi connectivity index (χ0) is 15.4. The molecule has 0 aliphatic heterocycles. The summed E-state index contributed by atoms with van der Waals surface area (Å²) in [6.45, 7) is 1.49. The Morgan fingerprint density at radius 2 is 1.86 bits per heavy atom. The van der Waals surface area contributed by atoms with Gasteiger partial charge in [0.15, 0.2) is 5.12 Å². The lowest BCUT2D eigenvalue weighted by molar-refractivity contribution is -0.109. The summed E-state index contributed by atoms with van der Waals surface area (Å²) in [6, 6.07) is 11.0. The fourth-order valence-electron chi connectivity index (χ4n) is 2.29. The number of nitrogen functional groups attached to an aromatic ring is 1. The molecule has 5 heteroatoms. The highest BCUT2D eigenvalue weighted by atomic mass is 32.2. The van der Waals surface area contributed by atoms with Gasteiger partial charge in [-0.05, 0) is 23.4 Å². The smallest absolute Gasteiger partial charge is 0.185 e. The van der Waals surface area contributed by atoms with Crippen LogP contribution in [0.3, 0.4) is 0 Å². The third kappa shape index (κ3) is 3.75. The number of hydrogen-bond acceptors (Lipinski definition) is 5. The van der Waals surface area contributed by atoms with Crippen molar-refractivity contribution >= 4 is 33.3 Å². The average Bonchev–Trinajstić information content (AvgIpc) is 2.47. The lowest BCUT2D eigenvalue weighted by Crippen LogP contribution is -2.19. The first-order valence-electron chi connectivity index (χ1n) is 6.77. The quantitative estimate of drug-likeness (QED) is 0.739. The minimum Gasteiger partial charge on any atom is -0.398 e. The van der Waals surface area contributed by atoms with Gasteiger partial charge in [0.1, 0.15) is 6.10 Å². The Balaban J connectivity index is 2.21. The third-order valence-electron chi connectivity index (χ3n) is 3.39. The van der Waals surface area contributed by atoms with Crippen molar-refractivity contribution in [3.05, 3.63) is 42.0 Å². The van der Waals surface area contributed by atoms with Crippen molar-refractivity contribution in [3.8, 4) is 0 Å². The van der Waals surface area contributed by atoms with Gasteiger partial charge in [-0.15, -0.1) is 0 Å². The van der Waals surface area contributed by atoms with Crippen LogP contribution in [-0.4, -0.2) is 27.2 Å². The Hall–Kier alpha value is -1.56. The minimum absolute atomic E-state index is 0.00891. The van der Waals surface area contributed by atoms with Crippen molar-refractivity contribution in [2.24, 2.45) is 0 Å². The van der Waals surface area contributed by atoms with E-state index >= 15 is 0 Å². The molecule has 0 aromatic heterocycles. The molecule has 2 atom stereocenters. The van der Waals surface area contributed by atoms with Crippen LogP contribution in [-0.2, 0) is 4.79 Å². The van der Waals surface area contributed by atoms with Gasteiger partial charge < -0.3 is 15.9 Å². The van der Waals surface area contributed by atoms with E-state index < -0.39 is 12.2 Å². The number of thioether (sulfide) groups is 1. The molecule has 0 fully saturated rings. The molecule has 2 aromatic rings. The van der Waals surface area contributed by atoms with Crippen LogP contribution in [0.4, 0.5) is 5.69 Å². The molecule has 2 aromatic carbocycles. The molecule has 0 saturated carbocycles. The van der Waals surface area contributed by atoms with Gasteiger partial charge in [-0.3, -0.25) is 4.79 Å². The summed E-state index contributed by atoms with van der Waals surface area (Å²) < 4.78 is 0. The molecule has 4 N–H and O–H groups in total. The second kappa shape index (κ2) is 6.93. The molecule has 0 spiro atoms. The minimum atomic E-state index is -0.997. The second-order valence-electron chi connectivity index (χ2n) is 4.93. The summed E-state index contributed by atoms with van der Waals surface area (Å²) in [5, 5.41) is 22.2. The molecular formula is C16H19NO3S. The van der Waals surface area contributed by atoms with Crippen molar-refractivity contribution in [1.82, 2.24) is 0 Å². The first-order valence-corrected chi connectivity index (χ1v) is 7.76. The van der Waals surface area contributed by atoms with Crippen LogP contribution in [0.15, 0.2) is 36.4 Å². The van der Waals surface area contributed by atoms with E-state index in [1.807, 2.05) is 24.3 Å². The summed E-state index contributed by atoms with van der Waals surface area (Å²) in [5.74, 6) is 0.487. The molecule has 0 aliphatic rings. The molecule has 0 radical (unpaired) electrons. The number of fused-ring (bicyclic) bond motifs is 1. The first kappa shape index (κ1) is 15.8. The Bertz CT molecular complexity index is 644. The van der Waals surface area contributed by atoms with Crippen LogP contribution >= 0.6 is 11.8 Å². The summed E-state index contributed by atoms with van der Waals surface area (Å²) in [4.78, 5) is 10.9. The number of nitrogens with two attached hydrogens (primary N) is 1. The predicted molar refractivity (Wildman–Crippen MR) is 87.1 cm³/mol. The lowest BCUT2D eigenvalue weighted by Gasteiger charge is -2.20. The molecule has 0 heterocycles. The molecule has 0 amide bonds. The van der Waals surface area contributed by atoms with Gasteiger partial charge in [0.25, 0.3) is 0 Å². The Kier molecular flexibility index (Phi) is 5.22. The second-order valence-corrected chi connectivity index (χ2v) is 6.20. The van der Waals surface area contributed by atoms with Crippen molar-refractivity contribution < 1.29 is 15.0 Å². The zero-order valence-corrected chi connectivity index (χ0v) is 12.6. The van der Waals surface area contributed by atoms with Crippen LogP contribution in [0, 0.1) is 0 Å². The van der Waals surface area contributed by atoms with E-state index in [0.717, 1.165) is 22.5 Å². The molecule has 112 valence electrons. The maximum absolute atomic E-state index is 10.9. The van der Waals surface area contributed by atoms with Crippen LogP contribution in [0.25, 0.3) is 10.8 Å². The number of carbonyl (C=O) groups is 1. The third-order valence-corrected chi connectivity index (χ3v) is 4.24. The normalized spacial score (nSPS) is 14.0. The largest absolute Gasteiger partial charge is 0.398 e. The Morgan fingerprint density at radius 1 is 1.19 bits per heavy atom. The number of benzene rings is 2. The molecule has 4 nitrogen and oxygen atoms in total. The van der Waals surface area contributed by atoms with Gasteiger partial charge in [0.05, 0.1) is 6.10 Å². The van der Waals surface area contributed by atoms with E-state index in [0.29, 0.717) is 23.4 Å². The molecule has 21 heavy (non-hydrogen) atoms. The van der Waals surface area contributed by atoms with Crippen molar-refractivity contribution in [3.63, 3.8) is 0 Å². The van der Waals surface area contributed by atoms with Gasteiger partial charge >= 0.3 is 0 Å². The van der Waals surface area contributed by atoms with Gasteiger partial charge in [-0.25, -0.2) is 0 Å². The van der Waals surface area contributed by atoms with E-state index in [1.54, 1.807) is 12.1 Å². The van der Waals surface area contributed by atoms with Crippen LogP contribution in [0.5, 0.6) is 0 Å². The monoisotopic (exact) mass is 305 g/mol. The first-order chi connectivity index (χ1) is 10.0. The predicted octanol–water partition coefficient (Wildman–Crippen LogP) is 2.49. The fourth-order valence-corrected chi connectivity index (χ4v) is 2.94. The Morgan fingerprint density at radius 3 is 2.52 bits per heavy atom. The lowest BCUT2D eigenvalue weighted by atomic mass is 9.95. The van der Waals surface area contributed by atoms with Gasteiger partial charge in [0.2, 0.25) is 0 Å². The summed E-state index contributed by atoms with van der Waals surface area (Å²) >= 11 is 1.15. The SMILES string of the molecule is CC(=O)SCCC(O)C(O)c1ccc(N)c2ccccc12. The van der Waals surface area contributed by atoms with E-state index in [4.69, 9.17) is 5.73 Å². The summed E-state index contributed by atoms with van der Waals surface area (Å²) in [7, 11) is 0. The number of hydrogen-bond donors (Lipinski definition) is 3. The van der Waals surface area contributed by atoms with Crippen molar-refractivity contribution in [2.75, 3.05) is 11.5 Å². The maximum atomic E-state index is 10.9. The number of aliphatic hydroxyl groups is 2. The van der Waals surface area contributed by atoms with E-state index in [1.165, 1.54) is 6.92 Å². The molecule has 0 bridgehead atoms. The number of anilines is 1. The van der Waals surface area contributed by atoms with Crippen LogP contribution in [0.2, 0.25) is 0 Å². The van der Waals surface area contributed by atoms with Crippen molar-refractivity contribution in [1.29, 1.82) is 0 Å². The summed E-state index contributed by atoms with van der Waals surface area (Å²) in [6.07, 6.45) is -1.56. The molecule has 0 saturated heterocycles. The average molecular weight is 305 g/mol. The van der Waals surface area contributed by atoms with Gasteiger partial charge in [-0.1, -0.05) is 42.1 Å². The van der Waals surface area contributed by atoms with Crippen molar-refractivity contribution in [2.45, 2.75) is 25.6 Å².